The Kier molecular flexibility index (Phi) is 3.97. The van der Waals surface area contributed by atoms with Crippen LogP contribution in [0.1, 0.15) is 19.4 Å². The molecule has 3 heteroatoms. The minimum atomic E-state index is 0.561. The fraction of sp³-hybridized carbons (Fsp3) is 0.353. The first-order valence-electron chi connectivity index (χ1n) is 7.14. The average Bonchev–Trinajstić information content (AvgIpc) is 2.94. The van der Waals surface area contributed by atoms with Gasteiger partial charge < -0.3 is 5.32 Å². The summed E-state index contributed by atoms with van der Waals surface area (Å²) in [6, 6.07) is 15.5. The summed E-state index contributed by atoms with van der Waals surface area (Å²) in [4.78, 5) is 4.74. The highest BCUT2D eigenvalue weighted by Gasteiger charge is 2.22. The Morgan fingerprint density at radius 2 is 2.00 bits per heavy atom. The van der Waals surface area contributed by atoms with Gasteiger partial charge in [-0.3, -0.25) is 4.99 Å². The average molecular weight is 284 g/mol. The Labute approximate surface area is 124 Å². The molecule has 1 heterocycles. The van der Waals surface area contributed by atoms with Crippen molar-refractivity contribution in [2.45, 2.75) is 26.4 Å². The van der Waals surface area contributed by atoms with Crippen LogP contribution in [0.5, 0.6) is 0 Å². The van der Waals surface area contributed by atoms with E-state index in [0.29, 0.717) is 12.0 Å². The predicted octanol–water partition coefficient (Wildman–Crippen LogP) is 4.06. The fourth-order valence-corrected chi connectivity index (χ4v) is 3.64. The molecule has 1 fully saturated rings. The first-order chi connectivity index (χ1) is 9.74. The lowest BCUT2D eigenvalue weighted by molar-refractivity contribution is 0.503. The maximum atomic E-state index is 4.74. The fourth-order valence-electron chi connectivity index (χ4n) is 2.45. The first kappa shape index (κ1) is 13.5. The molecule has 1 atom stereocenters. The highest BCUT2D eigenvalue weighted by molar-refractivity contribution is 8.14. The zero-order valence-electron chi connectivity index (χ0n) is 12.0. The van der Waals surface area contributed by atoms with Crippen molar-refractivity contribution in [2.75, 3.05) is 5.75 Å². The molecule has 1 saturated heterocycles. The number of aliphatic imine (C=N–C) groups is 1. The van der Waals surface area contributed by atoms with Gasteiger partial charge in [0.05, 0.1) is 6.54 Å². The number of nitrogens with one attached hydrogen (secondary N) is 1. The van der Waals surface area contributed by atoms with Gasteiger partial charge in [-0.25, -0.2) is 0 Å². The second kappa shape index (κ2) is 5.88. The normalized spacial score (nSPS) is 20.8. The quantitative estimate of drug-likeness (QED) is 0.919. The predicted molar refractivity (Wildman–Crippen MR) is 89.3 cm³/mol. The van der Waals surface area contributed by atoms with Gasteiger partial charge in [-0.15, -0.1) is 0 Å². The second-order valence-corrected chi connectivity index (χ2v) is 6.57. The van der Waals surface area contributed by atoms with E-state index in [4.69, 9.17) is 4.99 Å². The van der Waals surface area contributed by atoms with E-state index in [0.717, 1.165) is 17.5 Å². The molecule has 0 spiro atoms. The minimum Gasteiger partial charge on any atom is -0.361 e. The van der Waals surface area contributed by atoms with Gasteiger partial charge in [-0.05, 0) is 22.3 Å². The van der Waals surface area contributed by atoms with Crippen LogP contribution in [0.25, 0.3) is 10.8 Å². The van der Waals surface area contributed by atoms with E-state index in [2.05, 4.69) is 61.6 Å². The third-order valence-electron chi connectivity index (χ3n) is 3.79. The molecule has 0 aromatic heterocycles. The number of amidine groups is 1. The number of rotatable bonds is 3. The maximum Gasteiger partial charge on any atom is 0.157 e. The van der Waals surface area contributed by atoms with Gasteiger partial charge in [0.1, 0.15) is 0 Å². The zero-order chi connectivity index (χ0) is 13.9. The monoisotopic (exact) mass is 284 g/mol. The summed E-state index contributed by atoms with van der Waals surface area (Å²) >= 11 is 1.84. The van der Waals surface area contributed by atoms with E-state index >= 15 is 0 Å². The number of nitrogens with zero attached hydrogens (tertiary/aromatic N) is 1. The van der Waals surface area contributed by atoms with Crippen molar-refractivity contribution in [1.29, 1.82) is 0 Å². The smallest absolute Gasteiger partial charge is 0.157 e. The third-order valence-corrected chi connectivity index (χ3v) is 4.83. The number of benzene rings is 2. The van der Waals surface area contributed by atoms with E-state index in [-0.39, 0.29) is 0 Å². The summed E-state index contributed by atoms with van der Waals surface area (Å²) in [5, 5.41) is 7.21. The van der Waals surface area contributed by atoms with Crippen LogP contribution in [0.3, 0.4) is 0 Å². The molecule has 0 radical (unpaired) electrons. The van der Waals surface area contributed by atoms with Crippen LogP contribution < -0.4 is 5.32 Å². The lowest BCUT2D eigenvalue weighted by atomic mass is 10.1. The molecular weight excluding hydrogens is 264 g/mol. The Balaban J connectivity index is 1.78. The summed E-state index contributed by atoms with van der Waals surface area (Å²) in [6.07, 6.45) is 0. The molecule has 2 nitrogen and oxygen atoms in total. The third kappa shape index (κ3) is 2.83. The molecule has 3 rings (SSSR count). The van der Waals surface area contributed by atoms with Gasteiger partial charge in [-0.2, -0.15) is 0 Å². The maximum absolute atomic E-state index is 4.74. The van der Waals surface area contributed by atoms with Crippen molar-refractivity contribution in [1.82, 2.24) is 5.32 Å². The van der Waals surface area contributed by atoms with Crippen LogP contribution in [0, 0.1) is 5.92 Å². The number of fused-ring (bicyclic) bond motifs is 1. The zero-order valence-corrected chi connectivity index (χ0v) is 12.8. The summed E-state index contributed by atoms with van der Waals surface area (Å²) in [5.74, 6) is 1.79. The standard InChI is InChI=1S/C17H20N2S/c1-12(2)16-11-20-17(19-16)18-10-14-8-5-7-13-6-3-4-9-15(13)14/h3-9,12,16H,10-11H2,1-2H3,(H,18,19). The SMILES string of the molecule is CC(C)C1CSC(=NCc2cccc3ccccc23)N1. The van der Waals surface area contributed by atoms with Crippen LogP contribution in [-0.4, -0.2) is 17.0 Å². The van der Waals surface area contributed by atoms with Gasteiger partial charge in [0.25, 0.3) is 0 Å². The van der Waals surface area contributed by atoms with Crippen molar-refractivity contribution in [3.05, 3.63) is 48.0 Å². The molecule has 1 aliphatic heterocycles. The van der Waals surface area contributed by atoms with E-state index in [1.807, 2.05) is 11.8 Å². The Bertz CT molecular complexity index is 628. The summed E-state index contributed by atoms with van der Waals surface area (Å²) < 4.78 is 0. The highest BCUT2D eigenvalue weighted by Crippen LogP contribution is 2.22. The van der Waals surface area contributed by atoms with Crippen LogP contribution in [0.2, 0.25) is 0 Å². The lowest BCUT2D eigenvalue weighted by Crippen LogP contribution is -2.31. The molecule has 2 aromatic rings. The van der Waals surface area contributed by atoms with Gasteiger partial charge in [-0.1, -0.05) is 68.1 Å². The summed E-state index contributed by atoms with van der Waals surface area (Å²) in [7, 11) is 0. The Morgan fingerprint density at radius 1 is 1.20 bits per heavy atom. The molecule has 1 aliphatic rings. The van der Waals surface area contributed by atoms with Crippen LogP contribution in [0.15, 0.2) is 47.5 Å². The van der Waals surface area contributed by atoms with Crippen LogP contribution in [0.4, 0.5) is 0 Å². The van der Waals surface area contributed by atoms with E-state index in [1.54, 1.807) is 0 Å². The molecule has 1 unspecified atom stereocenters. The van der Waals surface area contributed by atoms with E-state index in [1.165, 1.54) is 16.3 Å². The molecule has 0 saturated carbocycles. The minimum absolute atomic E-state index is 0.561. The highest BCUT2D eigenvalue weighted by atomic mass is 32.2. The van der Waals surface area contributed by atoms with Gasteiger partial charge in [0.15, 0.2) is 5.17 Å². The molecule has 1 N–H and O–H groups in total. The number of hydrogen-bond acceptors (Lipinski definition) is 2. The van der Waals surface area contributed by atoms with Crippen molar-refractivity contribution in [2.24, 2.45) is 10.9 Å². The second-order valence-electron chi connectivity index (χ2n) is 5.57. The Morgan fingerprint density at radius 3 is 2.80 bits per heavy atom. The topological polar surface area (TPSA) is 24.4 Å². The van der Waals surface area contributed by atoms with Crippen LogP contribution in [-0.2, 0) is 6.54 Å². The first-order valence-corrected chi connectivity index (χ1v) is 8.13. The van der Waals surface area contributed by atoms with E-state index < -0.39 is 0 Å². The van der Waals surface area contributed by atoms with Crippen molar-refractivity contribution >= 4 is 27.7 Å². The molecule has 20 heavy (non-hydrogen) atoms. The van der Waals surface area contributed by atoms with Gasteiger partial charge >= 0.3 is 0 Å². The van der Waals surface area contributed by atoms with E-state index in [9.17, 15) is 0 Å². The van der Waals surface area contributed by atoms with Crippen molar-refractivity contribution < 1.29 is 0 Å². The summed E-state index contributed by atoms with van der Waals surface area (Å²) in [5.41, 5.74) is 1.30. The number of thioether (sulfide) groups is 1. The lowest BCUT2D eigenvalue weighted by Gasteiger charge is -2.13. The summed E-state index contributed by atoms with van der Waals surface area (Å²) in [6.45, 7) is 5.26. The molecule has 0 aliphatic carbocycles. The Hall–Kier alpha value is -1.48. The largest absolute Gasteiger partial charge is 0.361 e. The van der Waals surface area contributed by atoms with Gasteiger partial charge in [0.2, 0.25) is 0 Å². The van der Waals surface area contributed by atoms with Gasteiger partial charge in [0, 0.05) is 11.8 Å². The van der Waals surface area contributed by atoms with Crippen molar-refractivity contribution in [3.8, 4) is 0 Å². The molecular formula is C17H20N2S. The van der Waals surface area contributed by atoms with Crippen LogP contribution >= 0.6 is 11.8 Å². The number of hydrogen-bond donors (Lipinski definition) is 1. The van der Waals surface area contributed by atoms with Crippen molar-refractivity contribution in [3.63, 3.8) is 0 Å². The molecule has 104 valence electrons. The molecule has 2 aromatic carbocycles. The molecule has 0 bridgehead atoms. The molecule has 0 amide bonds.